The van der Waals surface area contributed by atoms with Gasteiger partial charge in [0.25, 0.3) is 0 Å². The van der Waals surface area contributed by atoms with Crippen molar-refractivity contribution >= 4 is 11.7 Å². The number of nitrogens with zero attached hydrogens (tertiary/aromatic N) is 2. The number of rotatable bonds is 5. The zero-order valence-corrected chi connectivity index (χ0v) is 15.9. The Morgan fingerprint density at radius 1 is 1.25 bits per heavy atom. The number of methoxy groups -OCH3 is 2. The van der Waals surface area contributed by atoms with Gasteiger partial charge in [-0.15, -0.1) is 0 Å². The van der Waals surface area contributed by atoms with Crippen molar-refractivity contribution in [3.8, 4) is 11.5 Å². The predicted molar refractivity (Wildman–Crippen MR) is 104 cm³/mol. The van der Waals surface area contributed by atoms with Gasteiger partial charge in [-0.3, -0.25) is 4.79 Å². The molecule has 1 aliphatic heterocycles. The quantitative estimate of drug-likeness (QED) is 0.359. The van der Waals surface area contributed by atoms with E-state index < -0.39 is 0 Å². The minimum absolute atomic E-state index is 0.0132. The summed E-state index contributed by atoms with van der Waals surface area (Å²) in [6.07, 6.45) is 1.24. The number of amidine groups is 1. The molecule has 7 nitrogen and oxygen atoms in total. The van der Waals surface area contributed by atoms with Gasteiger partial charge in [-0.2, -0.15) is 0 Å². The van der Waals surface area contributed by atoms with E-state index in [1.165, 1.54) is 0 Å². The number of benzene rings is 2. The van der Waals surface area contributed by atoms with Crippen LogP contribution in [0.1, 0.15) is 34.7 Å². The van der Waals surface area contributed by atoms with Crippen LogP contribution < -0.4 is 15.2 Å². The number of fused-ring (bicyclic) bond motifs is 3. The highest BCUT2D eigenvalue weighted by atomic mass is 16.5. The number of amides is 1. The Morgan fingerprint density at radius 2 is 2.07 bits per heavy atom. The number of oxime groups is 1. The fourth-order valence-electron chi connectivity index (χ4n) is 4.49. The summed E-state index contributed by atoms with van der Waals surface area (Å²) < 4.78 is 10.8. The topological polar surface area (TPSA) is 97.4 Å². The molecule has 1 heterocycles. The van der Waals surface area contributed by atoms with Crippen LogP contribution in [-0.4, -0.2) is 36.1 Å². The first-order valence-electron chi connectivity index (χ1n) is 9.17. The molecule has 0 bridgehead atoms. The van der Waals surface area contributed by atoms with E-state index in [1.807, 2.05) is 41.3 Å². The lowest BCUT2D eigenvalue weighted by Crippen LogP contribution is -2.28. The molecule has 1 saturated heterocycles. The molecule has 1 amide bonds. The first kappa shape index (κ1) is 18.2. The molecule has 2 aliphatic rings. The van der Waals surface area contributed by atoms with Gasteiger partial charge in [-0.05, 0) is 35.6 Å². The summed E-state index contributed by atoms with van der Waals surface area (Å²) in [4.78, 5) is 14.7. The molecule has 1 fully saturated rings. The van der Waals surface area contributed by atoms with Crippen molar-refractivity contribution in [1.82, 2.24) is 4.90 Å². The zero-order valence-electron chi connectivity index (χ0n) is 15.9. The third-order valence-electron chi connectivity index (χ3n) is 5.76. The van der Waals surface area contributed by atoms with E-state index in [1.54, 1.807) is 14.2 Å². The van der Waals surface area contributed by atoms with Crippen molar-refractivity contribution in [2.75, 3.05) is 14.2 Å². The fourth-order valence-corrected chi connectivity index (χ4v) is 4.49. The summed E-state index contributed by atoms with van der Waals surface area (Å²) in [5.74, 6) is 1.83. The molecule has 1 aliphatic carbocycles. The molecular weight excluding hydrogens is 358 g/mol. The maximum atomic E-state index is 12.8. The summed E-state index contributed by atoms with van der Waals surface area (Å²) in [7, 11) is 3.22. The van der Waals surface area contributed by atoms with Crippen molar-refractivity contribution in [2.45, 2.75) is 25.4 Å². The molecule has 7 heteroatoms. The first-order valence-corrected chi connectivity index (χ1v) is 9.17. The van der Waals surface area contributed by atoms with Crippen LogP contribution >= 0.6 is 0 Å². The highest BCUT2D eigenvalue weighted by molar-refractivity contribution is 5.99. The van der Waals surface area contributed by atoms with E-state index in [9.17, 15) is 4.79 Å². The second kappa shape index (κ2) is 7.07. The van der Waals surface area contributed by atoms with Crippen molar-refractivity contribution in [3.63, 3.8) is 0 Å². The summed E-state index contributed by atoms with van der Waals surface area (Å²) in [5.41, 5.74) is 9.67. The standard InChI is InChI=1S/C21H23N3O4/c1-27-14-7-6-12(18(10-14)28-2)11-24-19(25)9-13-8-17-15(20(13)24)4-3-5-16(17)21(22)23-26/h3-7,10,13,20,26H,8-9,11H2,1-2H3,(H2,22,23). The molecule has 0 spiro atoms. The van der Waals surface area contributed by atoms with Gasteiger partial charge in [-0.1, -0.05) is 23.4 Å². The average molecular weight is 381 g/mol. The van der Waals surface area contributed by atoms with Crippen LogP contribution in [0.15, 0.2) is 41.6 Å². The van der Waals surface area contributed by atoms with E-state index >= 15 is 0 Å². The minimum atomic E-state index is -0.0132. The van der Waals surface area contributed by atoms with E-state index in [2.05, 4.69) is 5.16 Å². The lowest BCUT2D eigenvalue weighted by atomic mass is 10.0. The lowest BCUT2D eigenvalue weighted by Gasteiger charge is -2.26. The molecule has 4 rings (SSSR count). The lowest BCUT2D eigenvalue weighted by molar-refractivity contribution is -0.129. The molecule has 0 aromatic heterocycles. The molecule has 0 saturated carbocycles. The number of likely N-dealkylation sites (tertiary alicyclic amines) is 1. The van der Waals surface area contributed by atoms with Crippen LogP contribution in [-0.2, 0) is 17.8 Å². The maximum absolute atomic E-state index is 12.8. The average Bonchev–Trinajstić information content (AvgIpc) is 3.22. The zero-order chi connectivity index (χ0) is 19.8. The second-order valence-electron chi connectivity index (χ2n) is 7.17. The Balaban J connectivity index is 1.69. The van der Waals surface area contributed by atoms with Gasteiger partial charge in [0.15, 0.2) is 5.84 Å². The maximum Gasteiger partial charge on any atom is 0.223 e. The van der Waals surface area contributed by atoms with Crippen LogP contribution in [0.25, 0.3) is 0 Å². The van der Waals surface area contributed by atoms with Gasteiger partial charge in [0.2, 0.25) is 5.91 Å². The van der Waals surface area contributed by atoms with Crippen molar-refractivity contribution in [3.05, 3.63) is 58.7 Å². The monoisotopic (exact) mass is 381 g/mol. The summed E-state index contributed by atoms with van der Waals surface area (Å²) in [6, 6.07) is 11.4. The molecule has 2 atom stereocenters. The summed E-state index contributed by atoms with van der Waals surface area (Å²) in [5, 5.41) is 12.2. The minimum Gasteiger partial charge on any atom is -0.497 e. The van der Waals surface area contributed by atoms with Gasteiger partial charge in [-0.25, -0.2) is 0 Å². The third-order valence-corrected chi connectivity index (χ3v) is 5.76. The highest BCUT2D eigenvalue weighted by Gasteiger charge is 2.46. The van der Waals surface area contributed by atoms with Crippen LogP contribution in [0.3, 0.4) is 0 Å². The molecule has 3 N–H and O–H groups in total. The Bertz CT molecular complexity index is 957. The molecule has 0 radical (unpaired) electrons. The fraction of sp³-hybridized carbons (Fsp3) is 0.333. The van der Waals surface area contributed by atoms with Crippen molar-refractivity contribution in [1.29, 1.82) is 0 Å². The van der Waals surface area contributed by atoms with Crippen LogP contribution in [0.4, 0.5) is 0 Å². The number of carbonyl (C=O) groups excluding carboxylic acids is 1. The molecule has 146 valence electrons. The number of hydrogen-bond acceptors (Lipinski definition) is 5. The Kier molecular flexibility index (Phi) is 4.58. The van der Waals surface area contributed by atoms with Crippen LogP contribution in [0.2, 0.25) is 0 Å². The summed E-state index contributed by atoms with van der Waals surface area (Å²) >= 11 is 0. The molecular formula is C21H23N3O4. The number of carbonyl (C=O) groups is 1. The third kappa shape index (κ3) is 2.83. The van der Waals surface area contributed by atoms with Gasteiger partial charge in [0.05, 0.1) is 20.3 Å². The SMILES string of the molecule is COc1ccc(CN2C(=O)CC3Cc4c(C(N)=NO)cccc4C32)c(OC)c1. The Morgan fingerprint density at radius 3 is 2.79 bits per heavy atom. The normalized spacial score (nSPS) is 20.9. The molecule has 28 heavy (non-hydrogen) atoms. The van der Waals surface area contributed by atoms with E-state index in [-0.39, 0.29) is 23.7 Å². The van der Waals surface area contributed by atoms with Crippen molar-refractivity contribution < 1.29 is 19.5 Å². The van der Waals surface area contributed by atoms with Gasteiger partial charge < -0.3 is 25.3 Å². The second-order valence-corrected chi connectivity index (χ2v) is 7.17. The first-order chi connectivity index (χ1) is 13.6. The van der Waals surface area contributed by atoms with Gasteiger partial charge in [0, 0.05) is 30.2 Å². The highest BCUT2D eigenvalue weighted by Crippen LogP contribution is 2.48. The van der Waals surface area contributed by atoms with E-state index in [0.717, 1.165) is 28.7 Å². The summed E-state index contributed by atoms with van der Waals surface area (Å²) in [6.45, 7) is 0.459. The molecule has 2 aromatic rings. The predicted octanol–water partition coefficient (Wildman–Crippen LogP) is 2.44. The largest absolute Gasteiger partial charge is 0.497 e. The van der Waals surface area contributed by atoms with Gasteiger partial charge >= 0.3 is 0 Å². The van der Waals surface area contributed by atoms with E-state index in [0.29, 0.717) is 24.5 Å². The number of hydrogen-bond donors (Lipinski definition) is 2. The number of ether oxygens (including phenoxy) is 2. The Labute approximate surface area is 163 Å². The molecule has 2 unspecified atom stereocenters. The number of nitrogens with two attached hydrogens (primary N) is 1. The van der Waals surface area contributed by atoms with Gasteiger partial charge in [0.1, 0.15) is 11.5 Å². The van der Waals surface area contributed by atoms with Crippen LogP contribution in [0, 0.1) is 5.92 Å². The van der Waals surface area contributed by atoms with Crippen LogP contribution in [0.5, 0.6) is 11.5 Å². The Hall–Kier alpha value is -3.22. The smallest absolute Gasteiger partial charge is 0.223 e. The van der Waals surface area contributed by atoms with E-state index in [4.69, 9.17) is 20.4 Å². The molecule has 2 aromatic carbocycles. The van der Waals surface area contributed by atoms with Crippen molar-refractivity contribution in [2.24, 2.45) is 16.8 Å².